The van der Waals surface area contributed by atoms with Crippen LogP contribution in [0, 0.1) is 0 Å². The van der Waals surface area contributed by atoms with Gasteiger partial charge in [0.15, 0.2) is 0 Å². The lowest BCUT2D eigenvalue weighted by Gasteiger charge is -2.31. The number of aromatic nitrogens is 1. The third kappa shape index (κ3) is 4.79. The molecule has 0 aliphatic carbocycles. The van der Waals surface area contributed by atoms with Crippen LogP contribution in [-0.2, 0) is 11.3 Å². The van der Waals surface area contributed by atoms with Gasteiger partial charge in [-0.2, -0.15) is 0 Å². The SMILES string of the molecule is O=C(Nc1ccncc1)OC1CCN(Cc2ccccc2)CC1. The number of carbonyl (C=O) groups is 1. The Balaban J connectivity index is 1.41. The standard InChI is InChI=1S/C18H21N3O2/c22-18(20-16-6-10-19-11-7-16)23-17-8-12-21(13-9-17)14-15-4-2-1-3-5-15/h1-7,10-11,17H,8-9,12-14H2,(H,19,20,22). The molecular weight excluding hydrogens is 290 g/mol. The quantitative estimate of drug-likeness (QED) is 0.941. The van der Waals surface area contributed by atoms with E-state index < -0.39 is 6.09 Å². The highest BCUT2D eigenvalue weighted by Crippen LogP contribution is 2.17. The Labute approximate surface area is 136 Å². The minimum absolute atomic E-state index is 0.0103. The number of nitrogens with one attached hydrogen (secondary N) is 1. The number of nitrogens with zero attached hydrogens (tertiary/aromatic N) is 2. The van der Waals surface area contributed by atoms with Crippen LogP contribution < -0.4 is 5.32 Å². The Bertz CT molecular complexity index is 611. The van der Waals surface area contributed by atoms with Crippen molar-refractivity contribution in [2.45, 2.75) is 25.5 Å². The van der Waals surface area contributed by atoms with E-state index in [2.05, 4.69) is 39.5 Å². The zero-order valence-corrected chi connectivity index (χ0v) is 13.0. The molecule has 1 N–H and O–H groups in total. The van der Waals surface area contributed by atoms with E-state index in [9.17, 15) is 4.79 Å². The monoisotopic (exact) mass is 311 g/mol. The second kappa shape index (κ2) is 7.74. The van der Waals surface area contributed by atoms with Gasteiger partial charge < -0.3 is 4.74 Å². The van der Waals surface area contributed by atoms with E-state index in [-0.39, 0.29) is 6.10 Å². The Kier molecular flexibility index (Phi) is 5.21. The molecule has 0 bridgehead atoms. The normalized spacial score (nSPS) is 16.0. The molecule has 2 aromatic rings. The van der Waals surface area contributed by atoms with Gasteiger partial charge in [0.05, 0.1) is 0 Å². The van der Waals surface area contributed by atoms with Crippen LogP contribution in [0.3, 0.4) is 0 Å². The van der Waals surface area contributed by atoms with E-state index in [0.29, 0.717) is 5.69 Å². The molecule has 1 aliphatic heterocycles. The number of piperidine rings is 1. The summed E-state index contributed by atoms with van der Waals surface area (Å²) >= 11 is 0. The molecular formula is C18H21N3O2. The van der Waals surface area contributed by atoms with Gasteiger partial charge in [-0.3, -0.25) is 15.2 Å². The fourth-order valence-electron chi connectivity index (χ4n) is 2.76. The van der Waals surface area contributed by atoms with Crippen LogP contribution in [0.5, 0.6) is 0 Å². The molecule has 0 atom stereocenters. The van der Waals surface area contributed by atoms with Crippen molar-refractivity contribution >= 4 is 11.8 Å². The number of hydrogen-bond donors (Lipinski definition) is 1. The summed E-state index contributed by atoms with van der Waals surface area (Å²) in [5.41, 5.74) is 2.02. The first-order valence-electron chi connectivity index (χ1n) is 7.93. The molecule has 1 aromatic heterocycles. The maximum absolute atomic E-state index is 11.9. The molecule has 5 nitrogen and oxygen atoms in total. The Morgan fingerprint density at radius 1 is 1.13 bits per heavy atom. The van der Waals surface area contributed by atoms with E-state index >= 15 is 0 Å². The Hall–Kier alpha value is -2.40. The summed E-state index contributed by atoms with van der Waals surface area (Å²) in [5.74, 6) is 0. The lowest BCUT2D eigenvalue weighted by molar-refractivity contribution is 0.0567. The zero-order valence-electron chi connectivity index (χ0n) is 13.0. The van der Waals surface area contributed by atoms with E-state index in [1.165, 1.54) is 5.56 Å². The number of carbonyl (C=O) groups excluding carboxylic acids is 1. The lowest BCUT2D eigenvalue weighted by Crippen LogP contribution is -2.38. The number of anilines is 1. The minimum atomic E-state index is -0.391. The van der Waals surface area contributed by atoms with Gasteiger partial charge in [-0.1, -0.05) is 30.3 Å². The topological polar surface area (TPSA) is 54.5 Å². The third-order valence-corrected chi connectivity index (χ3v) is 3.98. The molecule has 120 valence electrons. The van der Waals surface area contributed by atoms with Crippen molar-refractivity contribution in [2.24, 2.45) is 0 Å². The molecule has 1 aliphatic rings. The predicted octanol–water partition coefficient (Wildman–Crippen LogP) is 3.29. The molecule has 0 saturated carbocycles. The summed E-state index contributed by atoms with van der Waals surface area (Å²) in [7, 11) is 0. The van der Waals surface area contributed by atoms with Crippen LogP contribution in [0.2, 0.25) is 0 Å². The summed E-state index contributed by atoms with van der Waals surface area (Å²) in [6.45, 7) is 2.85. The van der Waals surface area contributed by atoms with Crippen LogP contribution in [-0.4, -0.2) is 35.2 Å². The Morgan fingerprint density at radius 3 is 2.52 bits per heavy atom. The smallest absolute Gasteiger partial charge is 0.411 e. The summed E-state index contributed by atoms with van der Waals surface area (Å²) in [5, 5.41) is 2.73. The third-order valence-electron chi connectivity index (χ3n) is 3.98. The maximum Gasteiger partial charge on any atom is 0.411 e. The second-order valence-corrected chi connectivity index (χ2v) is 5.73. The average molecular weight is 311 g/mol. The summed E-state index contributed by atoms with van der Waals surface area (Å²) in [6.07, 6.45) is 4.62. The fourth-order valence-corrected chi connectivity index (χ4v) is 2.76. The summed E-state index contributed by atoms with van der Waals surface area (Å²) < 4.78 is 5.50. The van der Waals surface area contributed by atoms with Crippen molar-refractivity contribution < 1.29 is 9.53 Å². The van der Waals surface area contributed by atoms with E-state index in [0.717, 1.165) is 32.5 Å². The minimum Gasteiger partial charge on any atom is -0.446 e. The van der Waals surface area contributed by atoms with Gasteiger partial charge in [0.2, 0.25) is 0 Å². The Morgan fingerprint density at radius 2 is 1.83 bits per heavy atom. The molecule has 23 heavy (non-hydrogen) atoms. The number of amides is 1. The second-order valence-electron chi connectivity index (χ2n) is 5.73. The van der Waals surface area contributed by atoms with E-state index in [1.807, 2.05) is 6.07 Å². The van der Waals surface area contributed by atoms with Crippen molar-refractivity contribution in [1.29, 1.82) is 0 Å². The van der Waals surface area contributed by atoms with E-state index in [1.54, 1.807) is 24.5 Å². The molecule has 2 heterocycles. The van der Waals surface area contributed by atoms with Gasteiger partial charge in [0.25, 0.3) is 0 Å². The van der Waals surface area contributed by atoms with Gasteiger partial charge in [-0.05, 0) is 30.5 Å². The van der Waals surface area contributed by atoms with Crippen LogP contribution in [0.15, 0.2) is 54.9 Å². The summed E-state index contributed by atoms with van der Waals surface area (Å²) in [4.78, 5) is 18.2. The fraction of sp³-hybridized carbons (Fsp3) is 0.333. The highest BCUT2D eigenvalue weighted by Gasteiger charge is 2.22. The van der Waals surface area contributed by atoms with Crippen LogP contribution >= 0.6 is 0 Å². The van der Waals surface area contributed by atoms with Crippen molar-refractivity contribution in [1.82, 2.24) is 9.88 Å². The van der Waals surface area contributed by atoms with Crippen molar-refractivity contribution in [2.75, 3.05) is 18.4 Å². The maximum atomic E-state index is 11.9. The van der Waals surface area contributed by atoms with Crippen LogP contribution in [0.25, 0.3) is 0 Å². The molecule has 3 rings (SSSR count). The first kappa shape index (κ1) is 15.5. The lowest BCUT2D eigenvalue weighted by atomic mass is 10.1. The van der Waals surface area contributed by atoms with Gasteiger partial charge in [-0.15, -0.1) is 0 Å². The first-order valence-corrected chi connectivity index (χ1v) is 7.93. The molecule has 1 amide bonds. The molecule has 0 radical (unpaired) electrons. The highest BCUT2D eigenvalue weighted by molar-refractivity contribution is 5.84. The van der Waals surface area contributed by atoms with Crippen molar-refractivity contribution in [3.05, 3.63) is 60.4 Å². The largest absolute Gasteiger partial charge is 0.446 e. The number of likely N-dealkylation sites (tertiary alicyclic amines) is 1. The van der Waals surface area contributed by atoms with Crippen molar-refractivity contribution in [3.63, 3.8) is 0 Å². The predicted molar refractivity (Wildman–Crippen MR) is 89.1 cm³/mol. The van der Waals surface area contributed by atoms with Crippen molar-refractivity contribution in [3.8, 4) is 0 Å². The van der Waals surface area contributed by atoms with Crippen LogP contribution in [0.1, 0.15) is 18.4 Å². The average Bonchev–Trinajstić information content (AvgIpc) is 2.58. The molecule has 1 aromatic carbocycles. The molecule has 5 heteroatoms. The van der Waals surface area contributed by atoms with Gasteiger partial charge in [0.1, 0.15) is 6.10 Å². The highest BCUT2D eigenvalue weighted by atomic mass is 16.6. The molecule has 0 unspecified atom stereocenters. The zero-order chi connectivity index (χ0) is 15.9. The van der Waals surface area contributed by atoms with Gasteiger partial charge in [-0.25, -0.2) is 4.79 Å². The molecule has 1 fully saturated rings. The van der Waals surface area contributed by atoms with Gasteiger partial charge in [0, 0.05) is 37.7 Å². The van der Waals surface area contributed by atoms with Gasteiger partial charge >= 0.3 is 6.09 Å². The molecule has 0 spiro atoms. The summed E-state index contributed by atoms with van der Waals surface area (Å²) in [6, 6.07) is 13.9. The van der Waals surface area contributed by atoms with E-state index in [4.69, 9.17) is 4.74 Å². The molecule has 1 saturated heterocycles. The number of rotatable bonds is 4. The number of ether oxygens (including phenoxy) is 1. The first-order chi connectivity index (χ1) is 11.3. The van der Waals surface area contributed by atoms with Crippen LogP contribution in [0.4, 0.5) is 10.5 Å². The number of hydrogen-bond acceptors (Lipinski definition) is 4. The number of pyridine rings is 1. The number of benzene rings is 1.